The Bertz CT molecular complexity index is 516. The van der Waals surface area contributed by atoms with Crippen molar-refractivity contribution < 1.29 is 4.79 Å². The molecule has 100 valence electrons. The third-order valence-electron chi connectivity index (χ3n) is 4.17. The summed E-state index contributed by atoms with van der Waals surface area (Å²) in [6.45, 7) is 0.692. The van der Waals surface area contributed by atoms with Crippen molar-refractivity contribution in [2.24, 2.45) is 16.6 Å². The fourth-order valence-corrected chi connectivity index (χ4v) is 2.91. The molecule has 2 heterocycles. The van der Waals surface area contributed by atoms with Crippen molar-refractivity contribution in [3.8, 4) is 0 Å². The summed E-state index contributed by atoms with van der Waals surface area (Å²) in [4.78, 5) is 20.7. The van der Waals surface area contributed by atoms with Crippen LogP contribution in [0.4, 0.5) is 0 Å². The second-order valence-corrected chi connectivity index (χ2v) is 5.65. The summed E-state index contributed by atoms with van der Waals surface area (Å²) in [6.07, 6.45) is 8.44. The molecule has 1 aliphatic heterocycles. The van der Waals surface area contributed by atoms with Gasteiger partial charge in [-0.05, 0) is 37.7 Å². The molecule has 1 fully saturated rings. The van der Waals surface area contributed by atoms with E-state index >= 15 is 0 Å². The number of nitrogens with two attached hydrogens (primary N) is 1. The molecule has 1 aliphatic carbocycles. The lowest BCUT2D eigenvalue weighted by atomic mass is 9.83. The number of nitrogens with zero attached hydrogens (tertiary/aromatic N) is 2. The van der Waals surface area contributed by atoms with Crippen molar-refractivity contribution >= 4 is 12.0 Å². The first-order valence-corrected chi connectivity index (χ1v) is 7.00. The van der Waals surface area contributed by atoms with E-state index < -0.39 is 0 Å². The first-order valence-electron chi connectivity index (χ1n) is 7.00. The van der Waals surface area contributed by atoms with Crippen molar-refractivity contribution in [2.45, 2.75) is 44.7 Å². The number of aliphatic imine (C=N–C) groups is 1. The van der Waals surface area contributed by atoms with Crippen molar-refractivity contribution in [2.75, 3.05) is 0 Å². The van der Waals surface area contributed by atoms with Gasteiger partial charge in [-0.25, -0.2) is 0 Å². The highest BCUT2D eigenvalue weighted by molar-refractivity contribution is 5.96. The van der Waals surface area contributed by atoms with Crippen LogP contribution in [0.2, 0.25) is 0 Å². The Labute approximate surface area is 113 Å². The SMILES string of the molecule is NC1CCC(CC(=O)c2cc3c(cn2)CN=C3)CC1. The molecule has 0 spiro atoms. The summed E-state index contributed by atoms with van der Waals surface area (Å²) in [5, 5.41) is 0. The quantitative estimate of drug-likeness (QED) is 0.843. The van der Waals surface area contributed by atoms with Crippen LogP contribution in [0.1, 0.15) is 53.7 Å². The van der Waals surface area contributed by atoms with Gasteiger partial charge >= 0.3 is 0 Å². The zero-order valence-corrected chi connectivity index (χ0v) is 11.0. The number of fused-ring (bicyclic) bond motifs is 1. The van der Waals surface area contributed by atoms with Crippen LogP contribution in [0, 0.1) is 5.92 Å². The minimum atomic E-state index is 0.156. The Balaban J connectivity index is 1.65. The van der Waals surface area contributed by atoms with Crippen LogP contribution in [-0.4, -0.2) is 23.0 Å². The fraction of sp³-hybridized carbons (Fsp3) is 0.533. The molecular formula is C15H19N3O. The molecule has 3 rings (SSSR count). The number of hydrogen-bond acceptors (Lipinski definition) is 4. The van der Waals surface area contributed by atoms with Gasteiger partial charge < -0.3 is 5.73 Å². The highest BCUT2D eigenvalue weighted by Gasteiger charge is 2.22. The van der Waals surface area contributed by atoms with Gasteiger partial charge in [0.1, 0.15) is 5.69 Å². The predicted molar refractivity (Wildman–Crippen MR) is 74.4 cm³/mol. The van der Waals surface area contributed by atoms with E-state index in [-0.39, 0.29) is 5.78 Å². The fourth-order valence-electron chi connectivity index (χ4n) is 2.91. The van der Waals surface area contributed by atoms with Gasteiger partial charge in [-0.3, -0.25) is 14.8 Å². The Morgan fingerprint density at radius 3 is 2.89 bits per heavy atom. The van der Waals surface area contributed by atoms with Gasteiger partial charge in [-0.2, -0.15) is 0 Å². The number of Topliss-reactive ketones (excluding diaryl/α,β-unsaturated/α-hetero) is 1. The first kappa shape index (κ1) is 12.5. The van der Waals surface area contributed by atoms with Crippen LogP contribution in [0.3, 0.4) is 0 Å². The highest BCUT2D eigenvalue weighted by Crippen LogP contribution is 2.27. The van der Waals surface area contributed by atoms with Gasteiger partial charge in [-0.1, -0.05) is 0 Å². The van der Waals surface area contributed by atoms with Gasteiger partial charge in [0, 0.05) is 36.0 Å². The van der Waals surface area contributed by atoms with Crippen LogP contribution < -0.4 is 5.73 Å². The smallest absolute Gasteiger partial charge is 0.181 e. The van der Waals surface area contributed by atoms with Gasteiger partial charge in [0.15, 0.2) is 5.78 Å². The van der Waals surface area contributed by atoms with Gasteiger partial charge in [0.2, 0.25) is 0 Å². The molecule has 2 aliphatic rings. The number of aromatic nitrogens is 1. The lowest BCUT2D eigenvalue weighted by Gasteiger charge is -2.25. The largest absolute Gasteiger partial charge is 0.328 e. The first-order chi connectivity index (χ1) is 9.22. The van der Waals surface area contributed by atoms with Gasteiger partial charge in [-0.15, -0.1) is 0 Å². The standard InChI is InChI=1S/C15H19N3O/c16-13-3-1-10(2-4-13)5-15(19)14-6-11-7-17-8-12(11)9-18-14/h6-7,9-10,13H,1-5,8,16H2. The average Bonchev–Trinajstić information content (AvgIpc) is 2.88. The van der Waals surface area contributed by atoms with Crippen LogP contribution in [0.5, 0.6) is 0 Å². The van der Waals surface area contributed by atoms with Gasteiger partial charge in [0.05, 0.1) is 6.54 Å². The van der Waals surface area contributed by atoms with E-state index in [2.05, 4.69) is 9.98 Å². The van der Waals surface area contributed by atoms with E-state index in [1.54, 1.807) is 6.20 Å². The molecule has 4 heteroatoms. The Morgan fingerprint density at radius 2 is 2.11 bits per heavy atom. The van der Waals surface area contributed by atoms with E-state index in [9.17, 15) is 4.79 Å². The predicted octanol–water partition coefficient (Wildman–Crippen LogP) is 2.10. The van der Waals surface area contributed by atoms with Crippen LogP contribution in [0.25, 0.3) is 0 Å². The van der Waals surface area contributed by atoms with Crippen molar-refractivity contribution in [3.63, 3.8) is 0 Å². The maximum absolute atomic E-state index is 12.3. The summed E-state index contributed by atoms with van der Waals surface area (Å²) < 4.78 is 0. The summed E-state index contributed by atoms with van der Waals surface area (Å²) in [6, 6.07) is 2.21. The monoisotopic (exact) mass is 257 g/mol. The summed E-state index contributed by atoms with van der Waals surface area (Å²) in [5.74, 6) is 0.639. The molecule has 1 aromatic heterocycles. The topological polar surface area (TPSA) is 68.3 Å². The molecule has 2 N–H and O–H groups in total. The Hall–Kier alpha value is -1.55. The highest BCUT2D eigenvalue weighted by atomic mass is 16.1. The molecule has 0 radical (unpaired) electrons. The number of rotatable bonds is 3. The molecule has 0 amide bonds. The number of carbonyl (C=O) groups excluding carboxylic acids is 1. The molecule has 1 aromatic rings. The lowest BCUT2D eigenvalue weighted by Crippen LogP contribution is -2.27. The van der Waals surface area contributed by atoms with E-state index in [0.29, 0.717) is 30.6 Å². The maximum atomic E-state index is 12.3. The van der Waals surface area contributed by atoms with Crippen LogP contribution >= 0.6 is 0 Å². The minimum absolute atomic E-state index is 0.156. The Kier molecular flexibility index (Phi) is 3.42. The second-order valence-electron chi connectivity index (χ2n) is 5.65. The van der Waals surface area contributed by atoms with E-state index in [1.165, 1.54) is 0 Å². The molecule has 19 heavy (non-hydrogen) atoms. The van der Waals surface area contributed by atoms with E-state index in [4.69, 9.17) is 5.73 Å². The van der Waals surface area contributed by atoms with E-state index in [1.807, 2.05) is 12.3 Å². The molecule has 1 saturated carbocycles. The third kappa shape index (κ3) is 2.73. The number of pyridine rings is 1. The average molecular weight is 257 g/mol. The third-order valence-corrected chi connectivity index (χ3v) is 4.17. The van der Waals surface area contributed by atoms with E-state index in [0.717, 1.165) is 36.8 Å². The molecule has 4 nitrogen and oxygen atoms in total. The lowest BCUT2D eigenvalue weighted by molar-refractivity contribution is 0.0943. The van der Waals surface area contributed by atoms with Crippen molar-refractivity contribution in [1.29, 1.82) is 0 Å². The van der Waals surface area contributed by atoms with Gasteiger partial charge in [0.25, 0.3) is 0 Å². The molecule has 0 saturated heterocycles. The summed E-state index contributed by atoms with van der Waals surface area (Å²) >= 11 is 0. The molecule has 0 bridgehead atoms. The summed E-state index contributed by atoms with van der Waals surface area (Å²) in [5.41, 5.74) is 8.63. The minimum Gasteiger partial charge on any atom is -0.328 e. The zero-order chi connectivity index (χ0) is 13.2. The van der Waals surface area contributed by atoms with Crippen molar-refractivity contribution in [3.05, 3.63) is 29.1 Å². The van der Waals surface area contributed by atoms with Crippen LogP contribution in [0.15, 0.2) is 17.3 Å². The zero-order valence-electron chi connectivity index (χ0n) is 11.0. The molecular weight excluding hydrogens is 238 g/mol. The van der Waals surface area contributed by atoms with Crippen LogP contribution in [-0.2, 0) is 6.54 Å². The Morgan fingerprint density at radius 1 is 1.32 bits per heavy atom. The normalized spacial score (nSPS) is 25.3. The molecule has 0 atom stereocenters. The maximum Gasteiger partial charge on any atom is 0.181 e. The summed E-state index contributed by atoms with van der Waals surface area (Å²) in [7, 11) is 0. The number of hydrogen-bond donors (Lipinski definition) is 1. The molecule has 0 unspecified atom stereocenters. The number of carbonyl (C=O) groups is 1. The van der Waals surface area contributed by atoms with Crippen molar-refractivity contribution in [1.82, 2.24) is 4.98 Å². The second kappa shape index (κ2) is 5.21. The number of ketones is 1. The molecule has 0 aromatic carbocycles.